The Hall–Kier alpha value is -1.80. The molecule has 5 nitrogen and oxygen atoms in total. The molecule has 0 aromatic carbocycles. The molecule has 0 aliphatic heterocycles. The Morgan fingerprint density at radius 3 is 2.58 bits per heavy atom. The Morgan fingerprint density at radius 2 is 2.05 bits per heavy atom. The van der Waals surface area contributed by atoms with Crippen molar-refractivity contribution in [1.82, 2.24) is 9.97 Å². The third kappa shape index (κ3) is 3.83. The highest BCUT2D eigenvalue weighted by Gasteiger charge is 2.42. The predicted octanol–water partition coefficient (Wildman–Crippen LogP) is 2.20. The number of ether oxygens (including phenoxy) is 2. The van der Waals surface area contributed by atoms with Crippen molar-refractivity contribution >= 4 is 5.82 Å². The lowest BCUT2D eigenvalue weighted by Crippen LogP contribution is -2.34. The first-order chi connectivity index (χ1) is 8.92. The number of anilines is 1. The fourth-order valence-electron chi connectivity index (χ4n) is 1.17. The standard InChI is InChI=1S/C10H13F4N3O2/c1-3-15-7-6(18-2)8(17-5-16-7)19-4-10(13,14)9(11)12/h5,9H,3-4H2,1-2H3,(H,15,16,17). The van der Waals surface area contributed by atoms with Gasteiger partial charge in [0.15, 0.2) is 12.4 Å². The average Bonchev–Trinajstić information content (AvgIpc) is 2.36. The van der Waals surface area contributed by atoms with Gasteiger partial charge in [-0.25, -0.2) is 13.8 Å². The molecule has 108 valence electrons. The summed E-state index contributed by atoms with van der Waals surface area (Å²) in [4.78, 5) is 7.39. The Bertz CT molecular complexity index is 418. The third-order valence-electron chi connectivity index (χ3n) is 2.04. The minimum atomic E-state index is -4.26. The van der Waals surface area contributed by atoms with E-state index in [1.807, 2.05) is 0 Å². The molecule has 0 unspecified atom stereocenters. The predicted molar refractivity (Wildman–Crippen MR) is 59.2 cm³/mol. The van der Waals surface area contributed by atoms with Crippen LogP contribution in [0.2, 0.25) is 0 Å². The molecule has 0 atom stereocenters. The highest BCUT2D eigenvalue weighted by molar-refractivity contribution is 5.54. The van der Waals surface area contributed by atoms with Crippen LogP contribution in [-0.4, -0.2) is 42.6 Å². The van der Waals surface area contributed by atoms with E-state index >= 15 is 0 Å². The van der Waals surface area contributed by atoms with Crippen molar-refractivity contribution < 1.29 is 27.0 Å². The van der Waals surface area contributed by atoms with E-state index in [0.29, 0.717) is 6.54 Å². The molecule has 0 amide bonds. The van der Waals surface area contributed by atoms with E-state index in [1.54, 1.807) is 6.92 Å². The molecule has 0 spiro atoms. The smallest absolute Gasteiger partial charge is 0.340 e. The quantitative estimate of drug-likeness (QED) is 0.777. The monoisotopic (exact) mass is 283 g/mol. The molecular weight excluding hydrogens is 270 g/mol. The molecule has 0 aliphatic carbocycles. The van der Waals surface area contributed by atoms with Crippen LogP contribution < -0.4 is 14.8 Å². The number of rotatable bonds is 7. The topological polar surface area (TPSA) is 56.3 Å². The maximum absolute atomic E-state index is 12.7. The van der Waals surface area contributed by atoms with Gasteiger partial charge in [0.1, 0.15) is 6.33 Å². The number of methoxy groups -OCH3 is 1. The first kappa shape index (κ1) is 15.3. The number of alkyl halides is 4. The van der Waals surface area contributed by atoms with E-state index < -0.39 is 19.0 Å². The van der Waals surface area contributed by atoms with Gasteiger partial charge in [-0.05, 0) is 6.92 Å². The summed E-state index contributed by atoms with van der Waals surface area (Å²) in [6.07, 6.45) is -2.76. The maximum atomic E-state index is 12.7. The van der Waals surface area contributed by atoms with Crippen molar-refractivity contribution in [2.24, 2.45) is 0 Å². The molecule has 0 bridgehead atoms. The van der Waals surface area contributed by atoms with Gasteiger partial charge in [-0.15, -0.1) is 0 Å². The lowest BCUT2D eigenvalue weighted by molar-refractivity contribution is -0.148. The number of aromatic nitrogens is 2. The van der Waals surface area contributed by atoms with Crippen LogP contribution in [0, 0.1) is 0 Å². The van der Waals surface area contributed by atoms with Gasteiger partial charge < -0.3 is 14.8 Å². The van der Waals surface area contributed by atoms with Crippen LogP contribution in [0.4, 0.5) is 23.4 Å². The summed E-state index contributed by atoms with van der Waals surface area (Å²) < 4.78 is 59.0. The van der Waals surface area contributed by atoms with Gasteiger partial charge >= 0.3 is 12.3 Å². The van der Waals surface area contributed by atoms with E-state index in [0.717, 1.165) is 6.33 Å². The summed E-state index contributed by atoms with van der Waals surface area (Å²) in [5, 5.41) is 2.80. The summed E-state index contributed by atoms with van der Waals surface area (Å²) >= 11 is 0. The molecule has 0 fully saturated rings. The van der Waals surface area contributed by atoms with Crippen LogP contribution in [0.25, 0.3) is 0 Å². The first-order valence-corrected chi connectivity index (χ1v) is 5.34. The zero-order valence-corrected chi connectivity index (χ0v) is 10.3. The van der Waals surface area contributed by atoms with Gasteiger partial charge in [-0.1, -0.05) is 0 Å². The first-order valence-electron chi connectivity index (χ1n) is 5.34. The summed E-state index contributed by atoms with van der Waals surface area (Å²) in [7, 11) is 1.26. The Labute approximate surface area is 106 Å². The minimum absolute atomic E-state index is 0.0191. The van der Waals surface area contributed by atoms with Gasteiger partial charge in [0.2, 0.25) is 5.75 Å². The van der Waals surface area contributed by atoms with Crippen molar-refractivity contribution in [3.8, 4) is 11.6 Å². The second-order valence-electron chi connectivity index (χ2n) is 3.44. The zero-order valence-electron chi connectivity index (χ0n) is 10.3. The van der Waals surface area contributed by atoms with E-state index in [4.69, 9.17) is 4.74 Å². The fraction of sp³-hybridized carbons (Fsp3) is 0.600. The van der Waals surface area contributed by atoms with E-state index in [9.17, 15) is 17.6 Å². The molecule has 1 aromatic heterocycles. The number of nitrogens with one attached hydrogen (secondary N) is 1. The van der Waals surface area contributed by atoms with Gasteiger partial charge in [0.25, 0.3) is 5.88 Å². The largest absolute Gasteiger partial charge is 0.489 e. The van der Waals surface area contributed by atoms with E-state index in [2.05, 4.69) is 20.0 Å². The van der Waals surface area contributed by atoms with Crippen molar-refractivity contribution in [3.05, 3.63) is 6.33 Å². The van der Waals surface area contributed by atoms with Crippen molar-refractivity contribution in [2.45, 2.75) is 19.3 Å². The number of hydrogen-bond donors (Lipinski definition) is 1. The molecular formula is C10H13F4N3O2. The SMILES string of the molecule is CCNc1ncnc(OCC(F)(F)C(F)F)c1OC. The van der Waals surface area contributed by atoms with Crippen LogP contribution >= 0.6 is 0 Å². The second-order valence-corrected chi connectivity index (χ2v) is 3.44. The van der Waals surface area contributed by atoms with Gasteiger partial charge in [0, 0.05) is 6.54 Å². The molecule has 19 heavy (non-hydrogen) atoms. The molecule has 0 saturated heterocycles. The van der Waals surface area contributed by atoms with Crippen LogP contribution in [-0.2, 0) is 0 Å². The summed E-state index contributed by atoms with van der Waals surface area (Å²) in [5.74, 6) is -4.37. The highest BCUT2D eigenvalue weighted by Crippen LogP contribution is 2.32. The fourth-order valence-corrected chi connectivity index (χ4v) is 1.17. The molecule has 1 rings (SSSR count). The highest BCUT2D eigenvalue weighted by atomic mass is 19.3. The number of hydrogen-bond acceptors (Lipinski definition) is 5. The van der Waals surface area contributed by atoms with Gasteiger partial charge in [0.05, 0.1) is 7.11 Å². The minimum Gasteiger partial charge on any atom is -0.489 e. The molecule has 0 saturated carbocycles. The zero-order chi connectivity index (χ0) is 14.5. The lowest BCUT2D eigenvalue weighted by atomic mass is 10.4. The number of nitrogens with zero attached hydrogens (tertiary/aromatic N) is 2. The van der Waals surface area contributed by atoms with E-state index in [1.165, 1.54) is 7.11 Å². The molecule has 0 radical (unpaired) electrons. The Balaban J connectivity index is 2.86. The molecule has 1 aromatic rings. The van der Waals surface area contributed by atoms with Gasteiger partial charge in [-0.2, -0.15) is 13.8 Å². The molecule has 1 heterocycles. The summed E-state index contributed by atoms with van der Waals surface area (Å²) in [6, 6.07) is 0. The van der Waals surface area contributed by atoms with Crippen molar-refractivity contribution in [3.63, 3.8) is 0 Å². The Morgan fingerprint density at radius 1 is 1.37 bits per heavy atom. The lowest BCUT2D eigenvalue weighted by Gasteiger charge is -2.17. The van der Waals surface area contributed by atoms with Crippen LogP contribution in [0.5, 0.6) is 11.6 Å². The maximum Gasteiger partial charge on any atom is 0.340 e. The van der Waals surface area contributed by atoms with Crippen molar-refractivity contribution in [2.75, 3.05) is 25.6 Å². The molecule has 1 N–H and O–H groups in total. The molecule has 0 aliphatic rings. The van der Waals surface area contributed by atoms with Crippen molar-refractivity contribution in [1.29, 1.82) is 0 Å². The van der Waals surface area contributed by atoms with Gasteiger partial charge in [-0.3, -0.25) is 0 Å². The average molecular weight is 283 g/mol. The second kappa shape index (κ2) is 6.39. The third-order valence-corrected chi connectivity index (χ3v) is 2.04. The summed E-state index contributed by atoms with van der Waals surface area (Å²) in [6.45, 7) is 0.788. The van der Waals surface area contributed by atoms with Crippen LogP contribution in [0.3, 0.4) is 0 Å². The van der Waals surface area contributed by atoms with E-state index in [-0.39, 0.29) is 17.4 Å². The normalized spacial score (nSPS) is 11.5. The van der Waals surface area contributed by atoms with Crippen LogP contribution in [0.15, 0.2) is 6.33 Å². The number of halogens is 4. The Kier molecular flexibility index (Phi) is 5.13. The summed E-state index contributed by atoms with van der Waals surface area (Å²) in [5.41, 5.74) is 0. The molecule has 9 heteroatoms. The van der Waals surface area contributed by atoms with Crippen LogP contribution in [0.1, 0.15) is 6.92 Å².